The summed E-state index contributed by atoms with van der Waals surface area (Å²) in [7, 11) is 0. The summed E-state index contributed by atoms with van der Waals surface area (Å²) in [5.74, 6) is -2.09. The van der Waals surface area contributed by atoms with Crippen molar-refractivity contribution in [3.63, 3.8) is 0 Å². The van der Waals surface area contributed by atoms with Crippen molar-refractivity contribution in [2.75, 3.05) is 24.7 Å². The number of alkyl halides is 3. The number of carbonyl (C=O) groups excluding carboxylic acids is 3. The van der Waals surface area contributed by atoms with E-state index < -0.39 is 36.1 Å². The second-order valence-electron chi connectivity index (χ2n) is 8.05. The Kier molecular flexibility index (Phi) is 8.62. The maximum Gasteiger partial charge on any atom is 0.416 e. The van der Waals surface area contributed by atoms with Crippen molar-refractivity contribution < 1.29 is 32.3 Å². The van der Waals surface area contributed by atoms with E-state index in [0.717, 1.165) is 17.1 Å². The Morgan fingerprint density at radius 3 is 2.57 bits per heavy atom. The Balaban J connectivity index is 1.75. The molecule has 1 heterocycles. The smallest absolute Gasteiger partial charge is 0.416 e. The van der Waals surface area contributed by atoms with Crippen molar-refractivity contribution in [2.45, 2.75) is 32.4 Å². The molecule has 2 amide bonds. The van der Waals surface area contributed by atoms with Gasteiger partial charge in [0.15, 0.2) is 6.61 Å². The van der Waals surface area contributed by atoms with Crippen LogP contribution < -0.4 is 5.01 Å². The standard InChI is InChI=1S/C25H26F3N3O4/c1-2-22(32)30-13-7-10-19(16-30)24(34)35-17-23(33)31(29-15-18-8-4-3-5-9-18)21-12-6-11-20(14-21)25(26,27)28/h3-6,8-9,11-12,14-15,19H,2,7,10,13,16-17H2,1H3. The van der Waals surface area contributed by atoms with E-state index in [9.17, 15) is 27.6 Å². The van der Waals surface area contributed by atoms with Crippen molar-refractivity contribution in [2.24, 2.45) is 11.0 Å². The molecule has 1 fully saturated rings. The first-order valence-electron chi connectivity index (χ1n) is 11.2. The van der Waals surface area contributed by atoms with Crippen molar-refractivity contribution in [3.8, 4) is 0 Å². The fourth-order valence-corrected chi connectivity index (χ4v) is 3.68. The molecular weight excluding hydrogens is 463 g/mol. The van der Waals surface area contributed by atoms with Crippen LogP contribution in [-0.4, -0.2) is 48.6 Å². The first-order valence-corrected chi connectivity index (χ1v) is 11.2. The zero-order chi connectivity index (χ0) is 25.4. The van der Waals surface area contributed by atoms with Crippen molar-refractivity contribution in [1.29, 1.82) is 0 Å². The molecule has 7 nitrogen and oxygen atoms in total. The van der Waals surface area contributed by atoms with Crippen LogP contribution in [0.15, 0.2) is 59.7 Å². The lowest BCUT2D eigenvalue weighted by atomic mass is 9.98. The summed E-state index contributed by atoms with van der Waals surface area (Å²) in [6.45, 7) is 1.80. The summed E-state index contributed by atoms with van der Waals surface area (Å²) >= 11 is 0. The van der Waals surface area contributed by atoms with Gasteiger partial charge in [-0.1, -0.05) is 43.3 Å². The topological polar surface area (TPSA) is 79.3 Å². The molecule has 2 aromatic carbocycles. The molecule has 0 aromatic heterocycles. The average Bonchev–Trinajstić information content (AvgIpc) is 2.87. The molecule has 1 unspecified atom stereocenters. The summed E-state index contributed by atoms with van der Waals surface area (Å²) in [5.41, 5.74) is -0.440. The highest BCUT2D eigenvalue weighted by molar-refractivity contribution is 5.97. The summed E-state index contributed by atoms with van der Waals surface area (Å²) in [6, 6.07) is 12.9. The molecule has 1 atom stereocenters. The number of piperidine rings is 1. The number of esters is 1. The minimum atomic E-state index is -4.61. The maximum atomic E-state index is 13.2. The lowest BCUT2D eigenvalue weighted by Crippen LogP contribution is -2.43. The minimum absolute atomic E-state index is 0.0652. The number of hydrazone groups is 1. The third-order valence-corrected chi connectivity index (χ3v) is 5.52. The normalized spacial score (nSPS) is 16.2. The molecule has 0 radical (unpaired) electrons. The number of amides is 2. The number of halogens is 3. The molecule has 0 aliphatic carbocycles. The average molecular weight is 489 g/mol. The largest absolute Gasteiger partial charge is 0.455 e. The van der Waals surface area contributed by atoms with Gasteiger partial charge in [-0.05, 0) is 36.6 Å². The van der Waals surface area contributed by atoms with Crippen LogP contribution in [0.25, 0.3) is 0 Å². The summed E-state index contributed by atoms with van der Waals surface area (Å²) in [6.07, 6.45) is -1.80. The van der Waals surface area contributed by atoms with Crippen molar-refractivity contribution in [3.05, 3.63) is 65.7 Å². The van der Waals surface area contributed by atoms with E-state index in [1.165, 1.54) is 18.3 Å². The Bertz CT molecular complexity index is 1070. The fourth-order valence-electron chi connectivity index (χ4n) is 3.68. The van der Waals surface area contributed by atoms with Crippen LogP contribution in [0.2, 0.25) is 0 Å². The number of carbonyl (C=O) groups is 3. The highest BCUT2D eigenvalue weighted by Gasteiger charge is 2.32. The van der Waals surface area contributed by atoms with Gasteiger partial charge in [-0.3, -0.25) is 14.4 Å². The Hall–Kier alpha value is -3.69. The van der Waals surface area contributed by atoms with Crippen molar-refractivity contribution in [1.82, 2.24) is 4.90 Å². The lowest BCUT2D eigenvalue weighted by Gasteiger charge is -2.31. The van der Waals surface area contributed by atoms with Crippen LogP contribution in [0, 0.1) is 5.92 Å². The van der Waals surface area contributed by atoms with Crippen molar-refractivity contribution >= 4 is 29.7 Å². The molecule has 35 heavy (non-hydrogen) atoms. The van der Waals surface area contributed by atoms with Gasteiger partial charge < -0.3 is 9.64 Å². The Morgan fingerprint density at radius 2 is 1.89 bits per heavy atom. The highest BCUT2D eigenvalue weighted by Crippen LogP contribution is 2.32. The van der Waals surface area contributed by atoms with Gasteiger partial charge >= 0.3 is 12.1 Å². The van der Waals surface area contributed by atoms with Gasteiger partial charge in [0.25, 0.3) is 5.91 Å². The molecule has 0 saturated carbocycles. The van der Waals surface area contributed by atoms with Gasteiger partial charge in [-0.15, -0.1) is 0 Å². The van der Waals surface area contributed by atoms with Crippen LogP contribution in [0.3, 0.4) is 0 Å². The molecule has 0 N–H and O–H groups in total. The quantitative estimate of drug-likeness (QED) is 0.331. The molecule has 2 aromatic rings. The molecule has 3 rings (SSSR count). The number of likely N-dealkylation sites (tertiary alicyclic amines) is 1. The summed E-state index contributed by atoms with van der Waals surface area (Å²) < 4.78 is 44.8. The number of ether oxygens (including phenoxy) is 1. The highest BCUT2D eigenvalue weighted by atomic mass is 19.4. The van der Waals surface area contributed by atoms with E-state index >= 15 is 0 Å². The van der Waals surface area contributed by atoms with E-state index in [1.54, 1.807) is 42.2 Å². The van der Waals surface area contributed by atoms with E-state index in [2.05, 4.69) is 5.10 Å². The number of hydrogen-bond donors (Lipinski definition) is 0. The number of rotatable bonds is 7. The van der Waals surface area contributed by atoms with Crippen LogP contribution in [0.4, 0.5) is 18.9 Å². The summed E-state index contributed by atoms with van der Waals surface area (Å²) in [4.78, 5) is 39.0. The molecule has 186 valence electrons. The number of anilines is 1. The third kappa shape index (κ3) is 7.14. The van der Waals surface area contributed by atoms with E-state index in [-0.39, 0.29) is 18.1 Å². The van der Waals surface area contributed by atoms with Gasteiger partial charge in [-0.2, -0.15) is 23.3 Å². The van der Waals surface area contributed by atoms with Gasteiger partial charge in [0.1, 0.15) is 0 Å². The second-order valence-corrected chi connectivity index (χ2v) is 8.05. The number of benzene rings is 2. The van der Waals surface area contributed by atoms with Gasteiger partial charge in [0.05, 0.1) is 23.4 Å². The SMILES string of the molecule is CCC(=O)N1CCCC(C(=O)OCC(=O)N(N=Cc2ccccc2)c2cccc(C(F)(F)F)c2)C1. The fraction of sp³-hybridized carbons (Fsp3) is 0.360. The third-order valence-electron chi connectivity index (χ3n) is 5.52. The van der Waals surface area contributed by atoms with Crippen LogP contribution in [-0.2, 0) is 25.3 Å². The van der Waals surface area contributed by atoms with E-state index in [4.69, 9.17) is 4.74 Å². The minimum Gasteiger partial charge on any atom is -0.455 e. The molecule has 0 bridgehead atoms. The number of nitrogens with zero attached hydrogens (tertiary/aromatic N) is 3. The Labute approximate surface area is 201 Å². The second kappa shape index (κ2) is 11.6. The van der Waals surface area contributed by atoms with Gasteiger partial charge in [0.2, 0.25) is 5.91 Å². The first kappa shape index (κ1) is 25.9. The zero-order valence-electron chi connectivity index (χ0n) is 19.2. The zero-order valence-corrected chi connectivity index (χ0v) is 19.2. The Morgan fingerprint density at radius 1 is 1.14 bits per heavy atom. The van der Waals surface area contributed by atoms with Crippen LogP contribution >= 0.6 is 0 Å². The van der Waals surface area contributed by atoms with Gasteiger partial charge in [-0.25, -0.2) is 0 Å². The van der Waals surface area contributed by atoms with E-state index in [1.807, 2.05) is 0 Å². The molecular formula is C25H26F3N3O4. The van der Waals surface area contributed by atoms with Crippen LogP contribution in [0.5, 0.6) is 0 Å². The molecule has 1 saturated heterocycles. The molecule has 1 aliphatic rings. The van der Waals surface area contributed by atoms with Gasteiger partial charge in [0, 0.05) is 19.5 Å². The monoisotopic (exact) mass is 489 g/mol. The predicted molar refractivity (Wildman–Crippen MR) is 124 cm³/mol. The lowest BCUT2D eigenvalue weighted by molar-refractivity contribution is -0.154. The maximum absolute atomic E-state index is 13.2. The molecule has 1 aliphatic heterocycles. The molecule has 0 spiro atoms. The number of hydrogen-bond acceptors (Lipinski definition) is 5. The predicted octanol–water partition coefficient (Wildman–Crippen LogP) is 4.26. The first-order chi connectivity index (χ1) is 16.7. The van der Waals surface area contributed by atoms with Crippen LogP contribution in [0.1, 0.15) is 37.3 Å². The summed E-state index contributed by atoms with van der Waals surface area (Å²) in [5, 5.41) is 4.85. The molecule has 10 heteroatoms. The van der Waals surface area contributed by atoms with E-state index in [0.29, 0.717) is 31.4 Å².